The maximum absolute atomic E-state index is 14.6. The first-order valence-electron chi connectivity index (χ1n) is 10.0. The Morgan fingerprint density at radius 3 is 2.62 bits per heavy atom. The Morgan fingerprint density at radius 1 is 1.18 bits per heavy atom. The lowest BCUT2D eigenvalue weighted by molar-refractivity contribution is -0.123. The minimum Gasteiger partial charge on any atom is -0.369 e. The molecule has 3 rings (SSSR count). The first-order chi connectivity index (χ1) is 16.0. The van der Waals surface area contributed by atoms with E-state index in [1.54, 1.807) is 6.08 Å². The zero-order chi connectivity index (χ0) is 24.9. The van der Waals surface area contributed by atoms with E-state index in [0.29, 0.717) is 6.54 Å². The number of pyridine rings is 1. The third-order valence-electron chi connectivity index (χ3n) is 4.89. The van der Waals surface area contributed by atoms with Gasteiger partial charge >= 0.3 is 11.8 Å². The lowest BCUT2D eigenvalue weighted by Crippen LogP contribution is -2.41. The molecule has 2 aromatic heterocycles. The highest BCUT2D eigenvalue weighted by Gasteiger charge is 2.37. The molecule has 0 saturated heterocycles. The molecule has 182 valence electrons. The number of alkyl halides is 4. The Kier molecular flexibility index (Phi) is 7.60. The van der Waals surface area contributed by atoms with Crippen LogP contribution < -0.4 is 16.2 Å². The molecule has 0 saturated carbocycles. The predicted octanol–water partition coefficient (Wildman–Crippen LogP) is 2.63. The van der Waals surface area contributed by atoms with E-state index in [4.69, 9.17) is 11.6 Å². The number of hydrogen-bond donors (Lipinski definition) is 2. The monoisotopic (exact) mass is 500 g/mol. The molecule has 0 fully saturated rings. The van der Waals surface area contributed by atoms with Crippen molar-refractivity contribution in [2.45, 2.75) is 18.4 Å². The summed E-state index contributed by atoms with van der Waals surface area (Å²) in [6.07, 6.45) is 6.67. The maximum atomic E-state index is 14.6. The topological polar surface area (TPSA) is 92.2 Å². The van der Waals surface area contributed by atoms with Gasteiger partial charge in [0.15, 0.2) is 5.82 Å². The van der Waals surface area contributed by atoms with Gasteiger partial charge < -0.3 is 15.5 Å². The molecule has 2 aromatic rings. The van der Waals surface area contributed by atoms with Crippen molar-refractivity contribution in [1.29, 1.82) is 0 Å². The van der Waals surface area contributed by atoms with E-state index < -0.39 is 54.5 Å². The average molecular weight is 501 g/mol. The van der Waals surface area contributed by atoms with Crippen molar-refractivity contribution in [2.24, 2.45) is 0 Å². The summed E-state index contributed by atoms with van der Waals surface area (Å²) in [5.41, 5.74) is -1.73. The fourth-order valence-corrected chi connectivity index (χ4v) is 3.29. The molecule has 13 heteroatoms. The van der Waals surface area contributed by atoms with E-state index in [1.807, 2.05) is 5.32 Å². The van der Waals surface area contributed by atoms with Crippen LogP contribution in [0, 0.1) is 0 Å². The zero-order valence-electron chi connectivity index (χ0n) is 17.9. The van der Waals surface area contributed by atoms with Crippen molar-refractivity contribution in [3.05, 3.63) is 75.7 Å². The number of nitrogens with zero attached hydrogens (tertiary/aromatic N) is 4. The molecular formula is C21H21ClF4N6O2. The van der Waals surface area contributed by atoms with Gasteiger partial charge in [0.25, 0.3) is 5.56 Å². The Labute approximate surface area is 196 Å². The summed E-state index contributed by atoms with van der Waals surface area (Å²) >= 11 is 5.93. The van der Waals surface area contributed by atoms with Crippen LogP contribution in [0.15, 0.2) is 59.3 Å². The SMILES string of the molecule is CN1CC=CC=C1C(F)(F)CNc1ncc(Cl)n(CC(=O)NCC(F)(F)c2ccccn2)c1=O. The summed E-state index contributed by atoms with van der Waals surface area (Å²) < 4.78 is 58.3. The fourth-order valence-electron chi connectivity index (χ4n) is 3.11. The average Bonchev–Trinajstić information content (AvgIpc) is 2.81. The van der Waals surface area contributed by atoms with Gasteiger partial charge in [0.1, 0.15) is 17.4 Å². The normalized spacial score (nSPS) is 14.1. The van der Waals surface area contributed by atoms with Gasteiger partial charge in [0.2, 0.25) is 5.91 Å². The number of hydrogen-bond acceptors (Lipinski definition) is 6. The van der Waals surface area contributed by atoms with Crippen LogP contribution in [0.2, 0.25) is 5.15 Å². The van der Waals surface area contributed by atoms with E-state index >= 15 is 0 Å². The molecule has 3 heterocycles. The van der Waals surface area contributed by atoms with Crippen molar-refractivity contribution < 1.29 is 22.4 Å². The number of anilines is 1. The molecule has 0 aliphatic carbocycles. The van der Waals surface area contributed by atoms with Crippen LogP contribution in [0.3, 0.4) is 0 Å². The van der Waals surface area contributed by atoms with E-state index in [1.165, 1.54) is 42.4 Å². The van der Waals surface area contributed by atoms with Gasteiger partial charge in [-0.15, -0.1) is 0 Å². The number of carbonyl (C=O) groups excluding carboxylic acids is 1. The summed E-state index contributed by atoms with van der Waals surface area (Å²) in [6, 6.07) is 3.96. The summed E-state index contributed by atoms with van der Waals surface area (Å²) in [6.45, 7) is -2.41. The standard InChI is InChI=1S/C21H21ClF4N6O2/c1-31-9-5-3-7-15(31)21(25,26)13-30-18-19(34)32(16(22)10-28-18)11-17(33)29-12-20(23,24)14-6-2-4-8-27-14/h2-8,10H,9,11-13H2,1H3,(H,28,30)(H,29,33). The molecule has 0 atom stereocenters. The van der Waals surface area contributed by atoms with Crippen LogP contribution in [0.5, 0.6) is 0 Å². The van der Waals surface area contributed by atoms with Crippen molar-refractivity contribution >= 4 is 23.3 Å². The summed E-state index contributed by atoms with van der Waals surface area (Å²) in [5.74, 6) is -8.18. The highest BCUT2D eigenvalue weighted by molar-refractivity contribution is 6.29. The Bertz CT molecular complexity index is 1150. The Morgan fingerprint density at radius 2 is 1.94 bits per heavy atom. The van der Waals surface area contributed by atoms with E-state index in [2.05, 4.69) is 15.3 Å². The van der Waals surface area contributed by atoms with E-state index in [-0.39, 0.29) is 10.9 Å². The van der Waals surface area contributed by atoms with Crippen molar-refractivity contribution in [3.8, 4) is 0 Å². The Hall–Kier alpha value is -3.41. The molecule has 1 amide bonds. The number of amides is 1. The number of nitrogens with one attached hydrogen (secondary N) is 2. The molecule has 0 aromatic carbocycles. The van der Waals surface area contributed by atoms with Gasteiger partial charge in [-0.2, -0.15) is 17.6 Å². The fraction of sp³-hybridized carbons (Fsp3) is 0.333. The first kappa shape index (κ1) is 25.2. The smallest absolute Gasteiger partial charge is 0.306 e. The summed E-state index contributed by atoms with van der Waals surface area (Å²) in [5, 5.41) is 4.04. The second kappa shape index (κ2) is 10.2. The number of carbonyl (C=O) groups is 1. The molecule has 1 aliphatic heterocycles. The molecule has 8 nitrogen and oxygen atoms in total. The largest absolute Gasteiger partial charge is 0.369 e. The molecular weight excluding hydrogens is 480 g/mol. The van der Waals surface area contributed by atoms with E-state index in [0.717, 1.165) is 16.8 Å². The highest BCUT2D eigenvalue weighted by atomic mass is 35.5. The molecule has 1 aliphatic rings. The quantitative estimate of drug-likeness (QED) is 0.514. The lowest BCUT2D eigenvalue weighted by atomic mass is 10.1. The van der Waals surface area contributed by atoms with Crippen molar-refractivity contribution in [1.82, 2.24) is 24.8 Å². The molecule has 0 radical (unpaired) electrons. The number of likely N-dealkylation sites (N-methyl/N-ethyl adjacent to an activating group) is 1. The van der Waals surface area contributed by atoms with Crippen LogP contribution >= 0.6 is 11.6 Å². The highest BCUT2D eigenvalue weighted by Crippen LogP contribution is 2.28. The summed E-state index contributed by atoms with van der Waals surface area (Å²) in [4.78, 5) is 33.5. The van der Waals surface area contributed by atoms with Gasteiger partial charge in [0.05, 0.1) is 25.0 Å². The van der Waals surface area contributed by atoms with Gasteiger partial charge in [0, 0.05) is 19.8 Å². The first-order valence-corrected chi connectivity index (χ1v) is 10.4. The van der Waals surface area contributed by atoms with Gasteiger partial charge in [-0.1, -0.05) is 29.8 Å². The second-order valence-electron chi connectivity index (χ2n) is 7.44. The maximum Gasteiger partial charge on any atom is 0.306 e. The second-order valence-corrected chi connectivity index (χ2v) is 7.82. The van der Waals surface area contributed by atoms with Gasteiger partial charge in [-0.3, -0.25) is 19.1 Å². The molecule has 0 unspecified atom stereocenters. The molecule has 2 N–H and O–H groups in total. The van der Waals surface area contributed by atoms with E-state index in [9.17, 15) is 27.2 Å². The van der Waals surface area contributed by atoms with Crippen LogP contribution in [-0.2, 0) is 17.3 Å². The van der Waals surface area contributed by atoms with Crippen LogP contribution in [-0.4, -0.2) is 57.9 Å². The van der Waals surface area contributed by atoms with Gasteiger partial charge in [-0.25, -0.2) is 4.98 Å². The third kappa shape index (κ3) is 5.93. The predicted molar refractivity (Wildman–Crippen MR) is 118 cm³/mol. The van der Waals surface area contributed by atoms with Gasteiger partial charge in [-0.05, 0) is 18.2 Å². The number of halogens is 5. The third-order valence-corrected chi connectivity index (χ3v) is 5.19. The molecule has 34 heavy (non-hydrogen) atoms. The minimum atomic E-state index is -3.45. The number of allylic oxidation sites excluding steroid dienone is 2. The number of rotatable bonds is 9. The van der Waals surface area contributed by atoms with Crippen LogP contribution in [0.1, 0.15) is 5.69 Å². The zero-order valence-corrected chi connectivity index (χ0v) is 18.7. The van der Waals surface area contributed by atoms with Crippen molar-refractivity contribution in [2.75, 3.05) is 32.0 Å². The van der Waals surface area contributed by atoms with Crippen molar-refractivity contribution in [3.63, 3.8) is 0 Å². The number of aromatic nitrogens is 3. The van der Waals surface area contributed by atoms with Crippen LogP contribution in [0.4, 0.5) is 23.4 Å². The van der Waals surface area contributed by atoms with Crippen LogP contribution in [0.25, 0.3) is 0 Å². The summed E-state index contributed by atoms with van der Waals surface area (Å²) in [7, 11) is 1.51. The Balaban J connectivity index is 1.67. The minimum absolute atomic E-state index is 0.245. The lowest BCUT2D eigenvalue weighted by Gasteiger charge is -2.30. The molecule has 0 spiro atoms. The molecule has 0 bridgehead atoms.